The Morgan fingerprint density at radius 2 is 2.23 bits per heavy atom. The summed E-state index contributed by atoms with van der Waals surface area (Å²) >= 11 is 3.48. The molecule has 7 nitrogen and oxygen atoms in total. The minimum Gasteiger partial charge on any atom is -0.463 e. The quantitative estimate of drug-likeness (QED) is 0.643. The molecule has 0 spiro atoms. The summed E-state index contributed by atoms with van der Waals surface area (Å²) in [7, 11) is 0. The van der Waals surface area contributed by atoms with E-state index in [1.165, 1.54) is 0 Å². The molecule has 1 aliphatic rings. The van der Waals surface area contributed by atoms with E-state index in [2.05, 4.69) is 37.8 Å². The number of aromatic nitrogens is 4. The van der Waals surface area contributed by atoms with E-state index in [-0.39, 0.29) is 6.23 Å². The van der Waals surface area contributed by atoms with E-state index in [0.29, 0.717) is 34.3 Å². The normalized spacial score (nSPS) is 18.7. The maximum atomic E-state index is 6.00. The molecule has 120 valence electrons. The highest BCUT2D eigenvalue weighted by Gasteiger charge is 2.24. The van der Waals surface area contributed by atoms with Gasteiger partial charge >= 0.3 is 6.01 Å². The molecule has 0 aliphatic carbocycles. The van der Waals surface area contributed by atoms with Gasteiger partial charge in [-0.2, -0.15) is 9.97 Å². The van der Waals surface area contributed by atoms with Crippen LogP contribution in [0.4, 0.5) is 5.82 Å². The molecule has 2 aromatic heterocycles. The maximum absolute atomic E-state index is 6.00. The Bertz CT molecular complexity index is 654. The summed E-state index contributed by atoms with van der Waals surface area (Å²) in [6.45, 7) is 3.43. The molecule has 1 aliphatic heterocycles. The van der Waals surface area contributed by atoms with Crippen molar-refractivity contribution in [3.05, 3.63) is 4.73 Å². The van der Waals surface area contributed by atoms with Crippen molar-refractivity contribution in [3.63, 3.8) is 0 Å². The third-order valence-corrected chi connectivity index (χ3v) is 4.24. The first-order valence-corrected chi connectivity index (χ1v) is 8.45. The van der Waals surface area contributed by atoms with E-state index in [0.717, 1.165) is 38.7 Å². The Kier molecular flexibility index (Phi) is 4.77. The average molecular weight is 370 g/mol. The van der Waals surface area contributed by atoms with Gasteiger partial charge < -0.3 is 15.2 Å². The minimum absolute atomic E-state index is 0.0779. The van der Waals surface area contributed by atoms with E-state index in [1.807, 2.05) is 4.57 Å². The number of ether oxygens (including phenoxy) is 2. The molecule has 8 heteroatoms. The number of imidazole rings is 1. The fraction of sp³-hybridized carbons (Fsp3) is 0.643. The summed E-state index contributed by atoms with van der Waals surface area (Å²) in [6, 6.07) is 0.294. The lowest BCUT2D eigenvalue weighted by Crippen LogP contribution is -2.19. The van der Waals surface area contributed by atoms with Crippen molar-refractivity contribution in [2.24, 2.45) is 0 Å². The number of rotatable bonds is 5. The molecule has 22 heavy (non-hydrogen) atoms. The van der Waals surface area contributed by atoms with Crippen LogP contribution in [0.5, 0.6) is 6.01 Å². The van der Waals surface area contributed by atoms with E-state index in [1.54, 1.807) is 0 Å². The molecule has 2 aromatic rings. The third kappa shape index (κ3) is 3.03. The molecule has 0 bridgehead atoms. The van der Waals surface area contributed by atoms with Crippen molar-refractivity contribution in [1.82, 2.24) is 19.5 Å². The minimum atomic E-state index is -0.0779. The molecular weight excluding hydrogens is 350 g/mol. The fourth-order valence-corrected chi connectivity index (χ4v) is 3.08. The van der Waals surface area contributed by atoms with E-state index >= 15 is 0 Å². The standard InChI is InChI=1S/C14H20BrN5O2/c1-2-3-7-22-14-18-11(16)10-12(19-14)20(13(15)17-10)9-6-4-5-8-21-9/h9H,2-8H2,1H3,(H2,16,18,19)/t9-/m1/s1. The number of nitrogen functional groups attached to an aromatic ring is 1. The van der Waals surface area contributed by atoms with Gasteiger partial charge in [0, 0.05) is 6.61 Å². The van der Waals surface area contributed by atoms with Crippen LogP contribution in [0.15, 0.2) is 4.73 Å². The van der Waals surface area contributed by atoms with E-state index in [4.69, 9.17) is 15.2 Å². The van der Waals surface area contributed by atoms with Gasteiger partial charge in [0.15, 0.2) is 21.7 Å². The Labute approximate surface area is 137 Å². The molecule has 2 N–H and O–H groups in total. The van der Waals surface area contributed by atoms with Crippen molar-refractivity contribution in [3.8, 4) is 6.01 Å². The first kappa shape index (κ1) is 15.5. The third-order valence-electron chi connectivity index (χ3n) is 3.68. The van der Waals surface area contributed by atoms with Crippen molar-refractivity contribution in [2.75, 3.05) is 18.9 Å². The molecule has 1 saturated heterocycles. The number of unbranched alkanes of at least 4 members (excludes halogenated alkanes) is 1. The summed E-state index contributed by atoms with van der Waals surface area (Å²) in [4.78, 5) is 13.1. The summed E-state index contributed by atoms with van der Waals surface area (Å²) in [5, 5.41) is 0. The number of hydrogen-bond donors (Lipinski definition) is 1. The van der Waals surface area contributed by atoms with Gasteiger partial charge in [0.1, 0.15) is 6.23 Å². The second-order valence-corrected chi connectivity index (χ2v) is 6.05. The summed E-state index contributed by atoms with van der Waals surface area (Å²) in [5.41, 5.74) is 7.23. The second kappa shape index (κ2) is 6.78. The molecule has 0 aromatic carbocycles. The van der Waals surface area contributed by atoms with Crippen molar-refractivity contribution < 1.29 is 9.47 Å². The number of anilines is 1. The zero-order valence-electron chi connectivity index (χ0n) is 12.6. The fourth-order valence-electron chi connectivity index (χ4n) is 2.50. The van der Waals surface area contributed by atoms with Crippen LogP contribution in [0.1, 0.15) is 45.3 Å². The Balaban J connectivity index is 1.98. The predicted molar refractivity (Wildman–Crippen MR) is 86.7 cm³/mol. The molecule has 0 saturated carbocycles. The number of nitrogens with zero attached hydrogens (tertiary/aromatic N) is 4. The monoisotopic (exact) mass is 369 g/mol. The van der Waals surface area contributed by atoms with Gasteiger partial charge in [-0.1, -0.05) is 13.3 Å². The van der Waals surface area contributed by atoms with Gasteiger partial charge in [-0.3, -0.25) is 4.57 Å². The molecule has 1 fully saturated rings. The summed E-state index contributed by atoms with van der Waals surface area (Å²) in [5.74, 6) is 0.326. The molecule has 0 unspecified atom stereocenters. The first-order chi connectivity index (χ1) is 10.7. The smallest absolute Gasteiger partial charge is 0.320 e. The van der Waals surface area contributed by atoms with Gasteiger partial charge in [-0.25, -0.2) is 4.98 Å². The summed E-state index contributed by atoms with van der Waals surface area (Å²) in [6.07, 6.45) is 5.07. The number of fused-ring (bicyclic) bond motifs is 1. The van der Waals surface area contributed by atoms with Crippen LogP contribution in [0, 0.1) is 0 Å². The molecule has 0 amide bonds. The summed E-state index contributed by atoms with van der Waals surface area (Å²) < 4.78 is 14.0. The second-order valence-electron chi connectivity index (χ2n) is 5.34. The molecular formula is C14H20BrN5O2. The van der Waals surface area contributed by atoms with Crippen LogP contribution in [-0.2, 0) is 4.74 Å². The highest BCUT2D eigenvalue weighted by Crippen LogP contribution is 2.32. The van der Waals surface area contributed by atoms with Gasteiger partial charge in [-0.05, 0) is 41.6 Å². The molecule has 1 atom stereocenters. The van der Waals surface area contributed by atoms with Crippen LogP contribution in [0.3, 0.4) is 0 Å². The maximum Gasteiger partial charge on any atom is 0.320 e. The van der Waals surface area contributed by atoms with Crippen LogP contribution in [0.2, 0.25) is 0 Å². The topological polar surface area (TPSA) is 88.1 Å². The average Bonchev–Trinajstić information content (AvgIpc) is 2.85. The molecule has 3 rings (SSSR count). The van der Waals surface area contributed by atoms with Crippen LogP contribution in [0.25, 0.3) is 11.2 Å². The van der Waals surface area contributed by atoms with Crippen LogP contribution < -0.4 is 10.5 Å². The van der Waals surface area contributed by atoms with Gasteiger partial charge in [0.25, 0.3) is 0 Å². The highest BCUT2D eigenvalue weighted by atomic mass is 79.9. The lowest BCUT2D eigenvalue weighted by Gasteiger charge is -2.24. The van der Waals surface area contributed by atoms with Gasteiger partial charge in [0.2, 0.25) is 0 Å². The lowest BCUT2D eigenvalue weighted by molar-refractivity contribution is -0.0311. The van der Waals surface area contributed by atoms with Gasteiger partial charge in [0.05, 0.1) is 6.61 Å². The number of halogens is 1. The largest absolute Gasteiger partial charge is 0.463 e. The Hall–Kier alpha value is -1.41. The Morgan fingerprint density at radius 3 is 2.95 bits per heavy atom. The number of nitrogens with two attached hydrogens (primary N) is 1. The van der Waals surface area contributed by atoms with Crippen LogP contribution in [-0.4, -0.2) is 32.7 Å². The zero-order chi connectivity index (χ0) is 15.5. The Morgan fingerprint density at radius 1 is 1.36 bits per heavy atom. The van der Waals surface area contributed by atoms with Crippen molar-refractivity contribution >= 4 is 32.9 Å². The number of hydrogen-bond acceptors (Lipinski definition) is 6. The molecule has 3 heterocycles. The zero-order valence-corrected chi connectivity index (χ0v) is 14.2. The predicted octanol–water partition coefficient (Wildman–Crippen LogP) is 3.05. The van der Waals surface area contributed by atoms with E-state index in [9.17, 15) is 0 Å². The highest BCUT2D eigenvalue weighted by molar-refractivity contribution is 9.10. The SMILES string of the molecule is CCCCOc1nc(N)c2nc(Br)n([C@H]3CCCCO3)c2n1. The molecule has 0 radical (unpaired) electrons. The first-order valence-electron chi connectivity index (χ1n) is 7.66. The van der Waals surface area contributed by atoms with E-state index < -0.39 is 0 Å². The van der Waals surface area contributed by atoms with Gasteiger partial charge in [-0.15, -0.1) is 0 Å². The van der Waals surface area contributed by atoms with Crippen LogP contribution >= 0.6 is 15.9 Å². The van der Waals surface area contributed by atoms with Crippen molar-refractivity contribution in [2.45, 2.75) is 45.3 Å². The van der Waals surface area contributed by atoms with Crippen molar-refractivity contribution in [1.29, 1.82) is 0 Å². The lowest BCUT2D eigenvalue weighted by atomic mass is 10.2.